The van der Waals surface area contributed by atoms with Gasteiger partial charge in [0.2, 0.25) is 11.8 Å². The first-order valence-electron chi connectivity index (χ1n) is 7.83. The van der Waals surface area contributed by atoms with E-state index in [2.05, 4.69) is 0 Å². The zero-order chi connectivity index (χ0) is 16.8. The molecular formula is C16H22N2O4S. The van der Waals surface area contributed by atoms with Crippen LogP contribution in [0, 0.1) is 0 Å². The summed E-state index contributed by atoms with van der Waals surface area (Å²) in [5.74, 6) is -1.34. The lowest BCUT2D eigenvalue weighted by Crippen LogP contribution is -2.38. The number of carboxylic acids is 1. The van der Waals surface area contributed by atoms with Crippen molar-refractivity contribution in [2.24, 2.45) is 0 Å². The lowest BCUT2D eigenvalue weighted by molar-refractivity contribution is -0.145. The number of aliphatic carboxylic acids is 1. The van der Waals surface area contributed by atoms with E-state index >= 15 is 0 Å². The van der Waals surface area contributed by atoms with Crippen LogP contribution in [0.1, 0.15) is 36.6 Å². The van der Waals surface area contributed by atoms with Crippen molar-refractivity contribution in [2.45, 2.75) is 39.2 Å². The molecule has 0 fully saturated rings. The molecule has 0 saturated heterocycles. The Bertz CT molecular complexity index is 584. The number of nitrogens with zero attached hydrogens (tertiary/aromatic N) is 2. The summed E-state index contributed by atoms with van der Waals surface area (Å²) < 4.78 is 0. The van der Waals surface area contributed by atoms with Crippen molar-refractivity contribution in [1.29, 1.82) is 0 Å². The van der Waals surface area contributed by atoms with E-state index in [0.29, 0.717) is 26.1 Å². The highest BCUT2D eigenvalue weighted by Crippen LogP contribution is 2.24. The average Bonchev–Trinajstić information content (AvgIpc) is 2.98. The fourth-order valence-electron chi connectivity index (χ4n) is 2.72. The predicted octanol–water partition coefficient (Wildman–Crippen LogP) is 1.74. The van der Waals surface area contributed by atoms with E-state index < -0.39 is 5.97 Å². The number of hydrogen-bond acceptors (Lipinski definition) is 4. The van der Waals surface area contributed by atoms with E-state index in [1.165, 1.54) is 15.3 Å². The Balaban J connectivity index is 1.83. The topological polar surface area (TPSA) is 77.9 Å². The van der Waals surface area contributed by atoms with Gasteiger partial charge < -0.3 is 14.9 Å². The van der Waals surface area contributed by atoms with Gasteiger partial charge in [-0.2, -0.15) is 0 Å². The Hall–Kier alpha value is -1.89. The van der Waals surface area contributed by atoms with Gasteiger partial charge in [-0.25, -0.2) is 0 Å². The van der Waals surface area contributed by atoms with Gasteiger partial charge >= 0.3 is 5.97 Å². The predicted molar refractivity (Wildman–Crippen MR) is 87.2 cm³/mol. The molecule has 1 aliphatic heterocycles. The first kappa shape index (κ1) is 17.5. The first-order chi connectivity index (χ1) is 11.0. The summed E-state index contributed by atoms with van der Waals surface area (Å²) in [7, 11) is 0. The van der Waals surface area contributed by atoms with Crippen LogP contribution in [-0.2, 0) is 27.3 Å². The van der Waals surface area contributed by atoms with Crippen LogP contribution in [0.15, 0.2) is 11.4 Å². The summed E-state index contributed by atoms with van der Waals surface area (Å²) in [4.78, 5) is 39.6. The minimum atomic E-state index is -1.03. The minimum absolute atomic E-state index is 0.0398. The fraction of sp³-hybridized carbons (Fsp3) is 0.562. The number of carbonyl (C=O) groups is 3. The third kappa shape index (κ3) is 4.79. The zero-order valence-corrected chi connectivity index (χ0v) is 14.1. The summed E-state index contributed by atoms with van der Waals surface area (Å²) in [6.07, 6.45) is 1.77. The molecule has 1 aromatic rings. The van der Waals surface area contributed by atoms with Gasteiger partial charge in [0.05, 0.1) is 0 Å². The molecule has 7 heteroatoms. The van der Waals surface area contributed by atoms with Gasteiger partial charge in [0.25, 0.3) is 0 Å². The summed E-state index contributed by atoms with van der Waals surface area (Å²) in [5, 5.41) is 10.9. The van der Waals surface area contributed by atoms with E-state index in [1.807, 2.05) is 18.4 Å². The molecule has 1 aliphatic rings. The molecule has 0 saturated carbocycles. The van der Waals surface area contributed by atoms with E-state index in [4.69, 9.17) is 5.11 Å². The second kappa shape index (κ2) is 8.10. The number of carbonyl (C=O) groups excluding carboxylic acids is 2. The highest BCUT2D eigenvalue weighted by molar-refractivity contribution is 7.10. The molecule has 126 valence electrons. The molecule has 0 spiro atoms. The van der Waals surface area contributed by atoms with Crippen LogP contribution in [0.4, 0.5) is 0 Å². The van der Waals surface area contributed by atoms with Gasteiger partial charge in [-0.15, -0.1) is 11.3 Å². The van der Waals surface area contributed by atoms with Crippen LogP contribution >= 0.6 is 11.3 Å². The fourth-order valence-corrected chi connectivity index (χ4v) is 3.61. The molecule has 1 N–H and O–H groups in total. The van der Waals surface area contributed by atoms with Gasteiger partial charge in [0.15, 0.2) is 0 Å². The van der Waals surface area contributed by atoms with Crippen molar-refractivity contribution in [3.8, 4) is 0 Å². The maximum atomic E-state index is 12.3. The number of thiophene rings is 1. The highest BCUT2D eigenvalue weighted by Gasteiger charge is 2.23. The SMILES string of the molecule is CCCN(CC(=O)O)C(=O)CCC(=O)N1CCc2sccc2C1. The molecule has 2 heterocycles. The third-order valence-electron chi connectivity index (χ3n) is 3.89. The molecule has 23 heavy (non-hydrogen) atoms. The molecular weight excluding hydrogens is 316 g/mol. The van der Waals surface area contributed by atoms with E-state index in [9.17, 15) is 14.4 Å². The smallest absolute Gasteiger partial charge is 0.323 e. The number of amides is 2. The van der Waals surface area contributed by atoms with Crippen LogP contribution in [-0.4, -0.2) is 52.3 Å². The van der Waals surface area contributed by atoms with E-state index in [1.54, 1.807) is 16.2 Å². The molecule has 0 aliphatic carbocycles. The number of rotatable bonds is 7. The third-order valence-corrected chi connectivity index (χ3v) is 4.91. The lowest BCUT2D eigenvalue weighted by atomic mass is 10.1. The van der Waals surface area contributed by atoms with Crippen LogP contribution in [0.25, 0.3) is 0 Å². The second-order valence-corrected chi connectivity index (χ2v) is 6.64. The number of fused-ring (bicyclic) bond motifs is 1. The van der Waals surface area contributed by atoms with Crippen molar-refractivity contribution in [1.82, 2.24) is 9.80 Å². The molecule has 0 bridgehead atoms. The molecule has 2 amide bonds. The molecule has 1 aromatic heterocycles. The summed E-state index contributed by atoms with van der Waals surface area (Å²) in [6, 6.07) is 2.04. The average molecular weight is 338 g/mol. The largest absolute Gasteiger partial charge is 0.480 e. The normalized spacial score (nSPS) is 13.5. The molecule has 6 nitrogen and oxygen atoms in total. The van der Waals surface area contributed by atoms with E-state index in [-0.39, 0.29) is 31.2 Å². The maximum Gasteiger partial charge on any atom is 0.323 e. The van der Waals surface area contributed by atoms with Gasteiger partial charge in [0, 0.05) is 37.4 Å². The van der Waals surface area contributed by atoms with Gasteiger partial charge in [-0.3, -0.25) is 14.4 Å². The monoisotopic (exact) mass is 338 g/mol. The zero-order valence-electron chi connectivity index (χ0n) is 13.3. The Kier molecular flexibility index (Phi) is 6.15. The molecule has 0 atom stereocenters. The van der Waals surface area contributed by atoms with Crippen LogP contribution in [0.3, 0.4) is 0 Å². The van der Waals surface area contributed by atoms with E-state index in [0.717, 1.165) is 6.42 Å². The Morgan fingerprint density at radius 2 is 2.13 bits per heavy atom. The highest BCUT2D eigenvalue weighted by atomic mass is 32.1. The van der Waals surface area contributed by atoms with Crippen molar-refractivity contribution >= 4 is 29.1 Å². The van der Waals surface area contributed by atoms with Crippen LogP contribution in [0.2, 0.25) is 0 Å². The first-order valence-corrected chi connectivity index (χ1v) is 8.71. The Labute approximate surface area is 139 Å². The maximum absolute atomic E-state index is 12.3. The summed E-state index contributed by atoms with van der Waals surface area (Å²) >= 11 is 1.72. The summed E-state index contributed by atoms with van der Waals surface area (Å²) in [5.41, 5.74) is 1.19. The second-order valence-electron chi connectivity index (χ2n) is 5.64. The quantitative estimate of drug-likeness (QED) is 0.821. The standard InChI is InChI=1S/C16H22N2O4S/c1-2-7-17(11-16(21)22)14(19)3-4-15(20)18-8-5-13-12(10-18)6-9-23-13/h6,9H,2-5,7-8,10-11H2,1H3,(H,21,22). The number of hydrogen-bond donors (Lipinski definition) is 1. The van der Waals surface area contributed by atoms with Crippen molar-refractivity contribution in [2.75, 3.05) is 19.6 Å². The van der Waals surface area contributed by atoms with Gasteiger partial charge in [-0.05, 0) is 29.9 Å². The molecule has 2 rings (SSSR count). The van der Waals surface area contributed by atoms with Gasteiger partial charge in [-0.1, -0.05) is 6.92 Å². The lowest BCUT2D eigenvalue weighted by Gasteiger charge is -2.27. The van der Waals surface area contributed by atoms with Crippen LogP contribution < -0.4 is 0 Å². The van der Waals surface area contributed by atoms with Crippen molar-refractivity contribution in [3.63, 3.8) is 0 Å². The molecule has 0 unspecified atom stereocenters. The molecule has 0 radical (unpaired) electrons. The molecule has 0 aromatic carbocycles. The van der Waals surface area contributed by atoms with Gasteiger partial charge in [0.1, 0.15) is 6.54 Å². The van der Waals surface area contributed by atoms with Crippen molar-refractivity contribution in [3.05, 3.63) is 21.9 Å². The minimum Gasteiger partial charge on any atom is -0.480 e. The summed E-state index contributed by atoms with van der Waals surface area (Å²) in [6.45, 7) is 3.29. The Morgan fingerprint density at radius 3 is 2.83 bits per heavy atom. The van der Waals surface area contributed by atoms with Crippen molar-refractivity contribution < 1.29 is 19.5 Å². The van der Waals surface area contributed by atoms with Crippen LogP contribution in [0.5, 0.6) is 0 Å². The number of carboxylic acid groups (broad SMARTS) is 1. The Morgan fingerprint density at radius 1 is 1.35 bits per heavy atom.